The molecular weight excluding hydrogens is 202 g/mol. The van der Waals surface area contributed by atoms with Crippen LogP contribution in [0.1, 0.15) is 59.3 Å². The van der Waals surface area contributed by atoms with Gasteiger partial charge in [-0.2, -0.15) is 0 Å². The summed E-state index contributed by atoms with van der Waals surface area (Å²) in [4.78, 5) is 12.1. The second-order valence-electron chi connectivity index (χ2n) is 5.27. The maximum atomic E-state index is 12.1. The topological polar surface area (TPSA) is 52.3 Å². The fraction of sp³-hybridized carbons (Fsp3) is 0.923. The molecule has 2 N–H and O–H groups in total. The van der Waals surface area contributed by atoms with Crippen LogP contribution in [-0.2, 0) is 9.53 Å². The quantitative estimate of drug-likeness (QED) is 0.751. The zero-order chi connectivity index (χ0) is 12.2. The molecule has 3 nitrogen and oxygen atoms in total. The largest absolute Gasteiger partial charge is 0.462 e. The molecule has 3 heteroatoms. The summed E-state index contributed by atoms with van der Waals surface area (Å²) in [5.41, 5.74) is 5.60. The Morgan fingerprint density at radius 1 is 1.56 bits per heavy atom. The van der Waals surface area contributed by atoms with Crippen LogP contribution in [0, 0.1) is 5.41 Å². The van der Waals surface area contributed by atoms with E-state index in [1.54, 1.807) is 0 Å². The van der Waals surface area contributed by atoms with Crippen molar-refractivity contribution in [3.8, 4) is 0 Å². The molecule has 1 aliphatic carbocycles. The third-order valence-corrected chi connectivity index (χ3v) is 3.75. The van der Waals surface area contributed by atoms with Crippen LogP contribution in [-0.4, -0.2) is 18.1 Å². The number of carbonyl (C=O) groups excluding carboxylic acids is 1. The Bertz CT molecular complexity index is 242. The monoisotopic (exact) mass is 227 g/mol. The molecule has 0 bridgehead atoms. The third kappa shape index (κ3) is 2.97. The van der Waals surface area contributed by atoms with E-state index in [0.717, 1.165) is 38.5 Å². The summed E-state index contributed by atoms with van der Waals surface area (Å²) in [6, 6.07) is -0.0393. The molecule has 1 saturated carbocycles. The predicted octanol–water partition coefficient (Wildman–Crippen LogP) is 2.63. The van der Waals surface area contributed by atoms with Gasteiger partial charge in [0.05, 0.1) is 11.5 Å². The van der Waals surface area contributed by atoms with Crippen molar-refractivity contribution in [3.05, 3.63) is 0 Å². The average molecular weight is 227 g/mol. The molecule has 1 rings (SSSR count). The zero-order valence-electron chi connectivity index (χ0n) is 10.8. The van der Waals surface area contributed by atoms with Gasteiger partial charge >= 0.3 is 5.97 Å². The molecule has 0 heterocycles. The van der Waals surface area contributed by atoms with Crippen molar-refractivity contribution in [1.29, 1.82) is 0 Å². The molecule has 0 aromatic rings. The van der Waals surface area contributed by atoms with Gasteiger partial charge in [0, 0.05) is 6.04 Å². The number of esters is 1. The van der Waals surface area contributed by atoms with Gasteiger partial charge in [0.15, 0.2) is 0 Å². The van der Waals surface area contributed by atoms with Gasteiger partial charge in [-0.25, -0.2) is 0 Å². The first kappa shape index (κ1) is 13.5. The van der Waals surface area contributed by atoms with Crippen LogP contribution in [0.25, 0.3) is 0 Å². The second kappa shape index (κ2) is 5.67. The van der Waals surface area contributed by atoms with Crippen molar-refractivity contribution >= 4 is 5.97 Å². The number of ether oxygens (including phenoxy) is 1. The molecule has 16 heavy (non-hydrogen) atoms. The van der Waals surface area contributed by atoms with Crippen molar-refractivity contribution in [1.82, 2.24) is 0 Å². The molecule has 0 aliphatic heterocycles. The summed E-state index contributed by atoms with van der Waals surface area (Å²) in [6.07, 6.45) is 6.01. The van der Waals surface area contributed by atoms with E-state index in [-0.39, 0.29) is 18.1 Å². The lowest BCUT2D eigenvalue weighted by molar-refractivity contribution is -0.163. The number of nitrogens with two attached hydrogens (primary N) is 1. The summed E-state index contributed by atoms with van der Waals surface area (Å²) < 4.78 is 5.48. The smallest absolute Gasteiger partial charge is 0.313 e. The molecule has 0 radical (unpaired) electrons. The molecule has 3 unspecified atom stereocenters. The van der Waals surface area contributed by atoms with Crippen LogP contribution in [0.2, 0.25) is 0 Å². The Labute approximate surface area is 98.7 Å². The first-order valence-corrected chi connectivity index (χ1v) is 6.47. The van der Waals surface area contributed by atoms with E-state index in [9.17, 15) is 4.79 Å². The zero-order valence-corrected chi connectivity index (χ0v) is 10.8. The van der Waals surface area contributed by atoms with Crippen molar-refractivity contribution < 1.29 is 9.53 Å². The summed E-state index contributed by atoms with van der Waals surface area (Å²) in [6.45, 7) is 6.01. The highest BCUT2D eigenvalue weighted by molar-refractivity contribution is 5.77. The van der Waals surface area contributed by atoms with Gasteiger partial charge in [0.25, 0.3) is 0 Å². The highest BCUT2D eigenvalue weighted by Gasteiger charge is 2.42. The lowest BCUT2D eigenvalue weighted by atomic mass is 9.72. The Morgan fingerprint density at radius 2 is 2.25 bits per heavy atom. The Kier molecular flexibility index (Phi) is 4.78. The van der Waals surface area contributed by atoms with Crippen molar-refractivity contribution in [3.63, 3.8) is 0 Å². The van der Waals surface area contributed by atoms with Gasteiger partial charge in [-0.05, 0) is 33.1 Å². The van der Waals surface area contributed by atoms with E-state index in [4.69, 9.17) is 10.5 Å². The van der Waals surface area contributed by atoms with E-state index in [1.165, 1.54) is 0 Å². The summed E-state index contributed by atoms with van der Waals surface area (Å²) in [5.74, 6) is -0.0966. The van der Waals surface area contributed by atoms with E-state index >= 15 is 0 Å². The van der Waals surface area contributed by atoms with Gasteiger partial charge in [-0.1, -0.05) is 26.2 Å². The molecule has 3 atom stereocenters. The van der Waals surface area contributed by atoms with Crippen LogP contribution in [0.4, 0.5) is 0 Å². The fourth-order valence-electron chi connectivity index (χ4n) is 2.40. The lowest BCUT2D eigenvalue weighted by Gasteiger charge is -2.37. The number of hydrogen-bond donors (Lipinski definition) is 1. The Morgan fingerprint density at radius 3 is 2.81 bits per heavy atom. The van der Waals surface area contributed by atoms with Crippen molar-refractivity contribution in [2.45, 2.75) is 71.4 Å². The van der Waals surface area contributed by atoms with Crippen molar-refractivity contribution in [2.24, 2.45) is 11.1 Å². The minimum absolute atomic E-state index is 0.0171. The summed E-state index contributed by atoms with van der Waals surface area (Å²) in [7, 11) is 0. The Hall–Kier alpha value is -0.570. The van der Waals surface area contributed by atoms with Crippen LogP contribution < -0.4 is 5.73 Å². The van der Waals surface area contributed by atoms with Gasteiger partial charge in [-0.3, -0.25) is 4.79 Å². The maximum absolute atomic E-state index is 12.1. The van der Waals surface area contributed by atoms with Gasteiger partial charge < -0.3 is 10.5 Å². The lowest BCUT2D eigenvalue weighted by Crippen LogP contribution is -2.49. The minimum atomic E-state index is -0.458. The number of hydrogen-bond acceptors (Lipinski definition) is 3. The summed E-state index contributed by atoms with van der Waals surface area (Å²) in [5, 5.41) is 0. The third-order valence-electron chi connectivity index (χ3n) is 3.75. The van der Waals surface area contributed by atoms with Crippen molar-refractivity contribution in [2.75, 3.05) is 0 Å². The van der Waals surface area contributed by atoms with Crippen LogP contribution in [0.3, 0.4) is 0 Å². The SMILES string of the molecule is CCCC(C)OC(=O)C1(C)CCCCC1N. The number of carbonyl (C=O) groups is 1. The normalized spacial score (nSPS) is 32.1. The van der Waals surface area contributed by atoms with Crippen LogP contribution in [0.5, 0.6) is 0 Å². The molecule has 1 fully saturated rings. The highest BCUT2D eigenvalue weighted by Crippen LogP contribution is 2.36. The maximum Gasteiger partial charge on any atom is 0.313 e. The Balaban J connectivity index is 2.56. The molecule has 1 aliphatic rings. The van der Waals surface area contributed by atoms with Gasteiger partial charge in [0.1, 0.15) is 0 Å². The first-order valence-electron chi connectivity index (χ1n) is 6.47. The molecule has 0 aromatic carbocycles. The van der Waals surface area contributed by atoms with Crippen LogP contribution >= 0.6 is 0 Å². The summed E-state index contributed by atoms with van der Waals surface area (Å²) >= 11 is 0. The van der Waals surface area contributed by atoms with E-state index in [1.807, 2.05) is 13.8 Å². The first-order chi connectivity index (χ1) is 7.50. The van der Waals surface area contributed by atoms with E-state index in [0.29, 0.717) is 0 Å². The fourth-order valence-corrected chi connectivity index (χ4v) is 2.40. The van der Waals surface area contributed by atoms with Gasteiger partial charge in [-0.15, -0.1) is 0 Å². The molecule has 0 amide bonds. The van der Waals surface area contributed by atoms with Crippen LogP contribution in [0.15, 0.2) is 0 Å². The van der Waals surface area contributed by atoms with E-state index < -0.39 is 5.41 Å². The minimum Gasteiger partial charge on any atom is -0.462 e. The van der Waals surface area contributed by atoms with E-state index in [2.05, 4.69) is 6.92 Å². The molecule has 0 aromatic heterocycles. The molecule has 0 saturated heterocycles. The number of rotatable bonds is 4. The molecule has 94 valence electrons. The van der Waals surface area contributed by atoms with Gasteiger partial charge in [0.2, 0.25) is 0 Å². The standard InChI is InChI=1S/C13H25NO2/c1-4-7-10(2)16-12(15)13(3)9-6-5-8-11(13)14/h10-11H,4-9,14H2,1-3H3. The predicted molar refractivity (Wildman–Crippen MR) is 65.0 cm³/mol. The second-order valence-corrected chi connectivity index (χ2v) is 5.27. The molecule has 0 spiro atoms. The highest BCUT2D eigenvalue weighted by atomic mass is 16.5. The average Bonchev–Trinajstić information content (AvgIpc) is 2.22. The molecular formula is C13H25NO2.